The highest BCUT2D eigenvalue weighted by Gasteiger charge is 2.16. The van der Waals surface area contributed by atoms with Gasteiger partial charge in [-0.3, -0.25) is 9.59 Å². The highest BCUT2D eigenvalue weighted by molar-refractivity contribution is 6.05. The van der Waals surface area contributed by atoms with Crippen molar-refractivity contribution < 1.29 is 9.59 Å². The van der Waals surface area contributed by atoms with E-state index in [4.69, 9.17) is 0 Å². The summed E-state index contributed by atoms with van der Waals surface area (Å²) in [5.74, 6) is 0.742. The molecule has 0 saturated carbocycles. The molecular formula is C30H30O2. The summed E-state index contributed by atoms with van der Waals surface area (Å²) in [6.07, 6.45) is 1.89. The van der Waals surface area contributed by atoms with E-state index in [1.54, 1.807) is 0 Å². The topological polar surface area (TPSA) is 34.1 Å². The average molecular weight is 423 g/mol. The van der Waals surface area contributed by atoms with Gasteiger partial charge in [0.05, 0.1) is 0 Å². The summed E-state index contributed by atoms with van der Waals surface area (Å²) in [6, 6.07) is 16.7. The Hall–Kier alpha value is -3.26. The molecule has 0 heterocycles. The van der Waals surface area contributed by atoms with Crippen LogP contribution in [-0.2, 0) is 0 Å². The van der Waals surface area contributed by atoms with Crippen LogP contribution in [0.15, 0.2) is 48.5 Å². The number of aldehydes is 2. The summed E-state index contributed by atoms with van der Waals surface area (Å²) in [5.41, 5.74) is 8.45. The molecule has 0 spiro atoms. The fraction of sp³-hybridized carbons (Fsp3) is 0.267. The molecule has 0 saturated heterocycles. The van der Waals surface area contributed by atoms with Crippen molar-refractivity contribution >= 4 is 34.1 Å². The van der Waals surface area contributed by atoms with Gasteiger partial charge in [-0.1, -0.05) is 64.1 Å². The molecule has 0 radical (unpaired) electrons. The molecule has 0 aliphatic carbocycles. The lowest BCUT2D eigenvalue weighted by atomic mass is 9.85. The predicted molar refractivity (Wildman–Crippen MR) is 135 cm³/mol. The van der Waals surface area contributed by atoms with Crippen molar-refractivity contribution in [2.45, 2.75) is 53.4 Å². The van der Waals surface area contributed by atoms with E-state index in [-0.39, 0.29) is 0 Å². The number of carbonyl (C=O) groups is 2. The molecule has 0 amide bonds. The first-order valence-corrected chi connectivity index (χ1v) is 11.3. The molecule has 0 atom stereocenters. The molecule has 0 aliphatic heterocycles. The molecule has 0 aliphatic rings. The SMILES string of the molecule is Cc1cc2c(C(C)C)ccc(C=O)c2cc1-c1cc2c(C=O)ccc(C(C)C)c2cc1C. The summed E-state index contributed by atoms with van der Waals surface area (Å²) in [6.45, 7) is 13.0. The Morgan fingerprint density at radius 3 is 1.25 bits per heavy atom. The molecule has 4 aromatic carbocycles. The number of hydrogen-bond donors (Lipinski definition) is 0. The minimum atomic E-state index is 0.371. The molecule has 0 aromatic heterocycles. The van der Waals surface area contributed by atoms with Gasteiger partial charge in [0.1, 0.15) is 0 Å². The molecule has 0 unspecified atom stereocenters. The molecule has 4 rings (SSSR count). The van der Waals surface area contributed by atoms with E-state index in [1.165, 1.54) is 11.1 Å². The fourth-order valence-electron chi connectivity index (χ4n) is 4.88. The van der Waals surface area contributed by atoms with Gasteiger partial charge in [0, 0.05) is 11.1 Å². The van der Waals surface area contributed by atoms with Crippen LogP contribution in [-0.4, -0.2) is 12.6 Å². The van der Waals surface area contributed by atoms with Crippen molar-refractivity contribution in [3.63, 3.8) is 0 Å². The van der Waals surface area contributed by atoms with Crippen LogP contribution in [0.25, 0.3) is 32.7 Å². The van der Waals surface area contributed by atoms with Gasteiger partial charge >= 0.3 is 0 Å². The monoisotopic (exact) mass is 422 g/mol. The highest BCUT2D eigenvalue weighted by atomic mass is 16.1. The second-order valence-electron chi connectivity index (χ2n) is 9.46. The van der Waals surface area contributed by atoms with Crippen molar-refractivity contribution in [1.82, 2.24) is 0 Å². The lowest BCUT2D eigenvalue weighted by Crippen LogP contribution is -1.98. The minimum Gasteiger partial charge on any atom is -0.298 e. The lowest BCUT2D eigenvalue weighted by molar-refractivity contribution is 0.111. The van der Waals surface area contributed by atoms with Crippen LogP contribution in [0, 0.1) is 13.8 Å². The maximum Gasteiger partial charge on any atom is 0.150 e. The Morgan fingerprint density at radius 1 is 0.562 bits per heavy atom. The smallest absolute Gasteiger partial charge is 0.150 e. The third-order valence-corrected chi connectivity index (χ3v) is 6.65. The van der Waals surface area contributed by atoms with Crippen LogP contribution < -0.4 is 0 Å². The van der Waals surface area contributed by atoms with Crippen molar-refractivity contribution in [3.8, 4) is 11.1 Å². The van der Waals surface area contributed by atoms with Gasteiger partial charge in [-0.25, -0.2) is 0 Å². The van der Waals surface area contributed by atoms with Crippen LogP contribution >= 0.6 is 0 Å². The lowest BCUT2D eigenvalue weighted by Gasteiger charge is -2.18. The fourth-order valence-corrected chi connectivity index (χ4v) is 4.88. The Kier molecular flexibility index (Phi) is 5.73. The van der Waals surface area contributed by atoms with Gasteiger partial charge in [-0.2, -0.15) is 0 Å². The predicted octanol–water partition coefficient (Wildman–Crippen LogP) is 8.15. The second kappa shape index (κ2) is 8.35. The zero-order chi connectivity index (χ0) is 23.2. The summed E-state index contributed by atoms with van der Waals surface area (Å²) >= 11 is 0. The van der Waals surface area contributed by atoms with Crippen molar-refractivity contribution in [1.29, 1.82) is 0 Å². The summed E-state index contributed by atoms with van der Waals surface area (Å²) in [5, 5.41) is 4.25. The van der Waals surface area contributed by atoms with Crippen molar-refractivity contribution in [2.75, 3.05) is 0 Å². The standard InChI is InChI=1S/C30H30O2/c1-17(2)23-9-7-21(15-31)27-13-25(19(5)11-29(23)27)26-14-28-22(16-32)8-10-24(18(3)4)30(28)12-20(26)6/h7-18H,1-6H3. The van der Waals surface area contributed by atoms with Gasteiger partial charge in [-0.05, 0) is 92.7 Å². The molecule has 0 bridgehead atoms. The Bertz CT molecular complexity index is 1270. The van der Waals surface area contributed by atoms with Crippen LogP contribution in [0.2, 0.25) is 0 Å². The number of fused-ring (bicyclic) bond motifs is 2. The highest BCUT2D eigenvalue weighted by Crippen LogP contribution is 2.38. The molecule has 32 heavy (non-hydrogen) atoms. The van der Waals surface area contributed by atoms with E-state index in [0.717, 1.165) is 56.4 Å². The first-order chi connectivity index (χ1) is 15.3. The minimum absolute atomic E-state index is 0.371. The Balaban J connectivity index is 2.07. The molecule has 0 N–H and O–H groups in total. The third-order valence-electron chi connectivity index (χ3n) is 6.65. The van der Waals surface area contributed by atoms with E-state index >= 15 is 0 Å². The van der Waals surface area contributed by atoms with Crippen molar-refractivity contribution in [2.24, 2.45) is 0 Å². The van der Waals surface area contributed by atoms with Gasteiger partial charge in [0.2, 0.25) is 0 Å². The number of aryl methyl sites for hydroxylation is 2. The Morgan fingerprint density at radius 2 is 0.938 bits per heavy atom. The molecule has 0 fully saturated rings. The maximum atomic E-state index is 11.8. The second-order valence-corrected chi connectivity index (χ2v) is 9.46. The largest absolute Gasteiger partial charge is 0.298 e. The van der Waals surface area contributed by atoms with E-state index in [0.29, 0.717) is 23.0 Å². The number of hydrogen-bond acceptors (Lipinski definition) is 2. The van der Waals surface area contributed by atoms with Crippen LogP contribution in [0.4, 0.5) is 0 Å². The summed E-state index contributed by atoms with van der Waals surface area (Å²) < 4.78 is 0. The van der Waals surface area contributed by atoms with Gasteiger partial charge in [0.25, 0.3) is 0 Å². The van der Waals surface area contributed by atoms with Gasteiger partial charge in [0.15, 0.2) is 12.6 Å². The molecular weight excluding hydrogens is 392 g/mol. The summed E-state index contributed by atoms with van der Waals surface area (Å²) in [4.78, 5) is 23.6. The zero-order valence-corrected chi connectivity index (χ0v) is 19.7. The van der Waals surface area contributed by atoms with E-state index in [2.05, 4.69) is 77.9 Å². The van der Waals surface area contributed by atoms with E-state index in [9.17, 15) is 9.59 Å². The van der Waals surface area contributed by atoms with Crippen molar-refractivity contribution in [3.05, 3.63) is 81.9 Å². The van der Waals surface area contributed by atoms with E-state index < -0.39 is 0 Å². The zero-order valence-electron chi connectivity index (χ0n) is 19.7. The summed E-state index contributed by atoms with van der Waals surface area (Å²) in [7, 11) is 0. The molecule has 4 aromatic rings. The number of benzene rings is 4. The van der Waals surface area contributed by atoms with Gasteiger partial charge < -0.3 is 0 Å². The van der Waals surface area contributed by atoms with E-state index in [1.807, 2.05) is 12.1 Å². The number of rotatable bonds is 5. The maximum absolute atomic E-state index is 11.8. The van der Waals surface area contributed by atoms with Crippen LogP contribution in [0.5, 0.6) is 0 Å². The number of carbonyl (C=O) groups excluding carboxylic acids is 2. The first-order valence-electron chi connectivity index (χ1n) is 11.3. The Labute approximate surface area is 190 Å². The molecule has 2 heteroatoms. The third kappa shape index (κ3) is 3.54. The van der Waals surface area contributed by atoms with Crippen LogP contribution in [0.1, 0.15) is 82.5 Å². The molecule has 2 nitrogen and oxygen atoms in total. The molecule has 162 valence electrons. The first kappa shape index (κ1) is 22.0. The quantitative estimate of drug-likeness (QED) is 0.304. The average Bonchev–Trinajstić information content (AvgIpc) is 2.76. The van der Waals surface area contributed by atoms with Crippen LogP contribution in [0.3, 0.4) is 0 Å². The normalized spacial score (nSPS) is 11.6. The van der Waals surface area contributed by atoms with Gasteiger partial charge in [-0.15, -0.1) is 0 Å².